The normalized spacial score (nSPS) is 12.0. The van der Waals surface area contributed by atoms with Crippen LogP contribution in [-0.4, -0.2) is 21.9 Å². The van der Waals surface area contributed by atoms with Gasteiger partial charge < -0.3 is 19.9 Å². The largest absolute Gasteiger partial charge is 0.810 e. The van der Waals surface area contributed by atoms with E-state index in [2.05, 4.69) is 4.79 Å². The number of hydrogen-bond acceptors (Lipinski definition) is 4. The van der Waals surface area contributed by atoms with Crippen molar-refractivity contribution in [2.24, 2.45) is 0 Å². The van der Waals surface area contributed by atoms with Gasteiger partial charge in [-0.1, -0.05) is 7.60 Å². The molecule has 0 amide bonds. The molecule has 0 N–H and O–H groups in total. The van der Waals surface area contributed by atoms with Crippen LogP contribution in [0.4, 0.5) is 0 Å². The number of Topliss-reactive ketones (excluding diaryl/α,β-unsaturated/α-hetero) is 1. The summed E-state index contributed by atoms with van der Waals surface area (Å²) < 4.78 is 10.5. The first-order chi connectivity index (χ1) is 5.23. The first-order valence-corrected chi connectivity index (χ1v) is 4.51. The molecule has 0 aliphatic rings. The summed E-state index contributed by atoms with van der Waals surface area (Å²) in [7, 11) is -5.01. The first-order valence-electron chi connectivity index (χ1n) is 2.97. The van der Waals surface area contributed by atoms with Gasteiger partial charge in [-0.25, -0.2) is 0 Å². The van der Waals surface area contributed by atoms with Crippen molar-refractivity contribution in [3.63, 3.8) is 0 Å². The molecule has 0 unspecified atom stereocenters. The first kappa shape index (κ1) is 11.2. The molecule has 0 saturated heterocycles. The van der Waals surface area contributed by atoms with E-state index in [1.807, 2.05) is 0 Å². The second kappa shape index (κ2) is 3.29. The van der Waals surface area contributed by atoms with Crippen LogP contribution in [0.5, 0.6) is 0 Å². The van der Waals surface area contributed by atoms with Crippen molar-refractivity contribution in [3.05, 3.63) is 5.53 Å². The summed E-state index contributed by atoms with van der Waals surface area (Å²) >= 11 is 0. The maximum Gasteiger partial charge on any atom is 0.324 e. The molecule has 0 fully saturated rings. The molecule has 6 nitrogen and oxygen atoms in total. The molecular formula is C5H7N2O4P-2. The van der Waals surface area contributed by atoms with E-state index in [0.29, 0.717) is 6.21 Å². The van der Waals surface area contributed by atoms with E-state index >= 15 is 0 Å². The van der Waals surface area contributed by atoms with Crippen LogP contribution in [0.2, 0.25) is 0 Å². The summed E-state index contributed by atoms with van der Waals surface area (Å²) in [5.41, 5.74) is 7.92. The second-order valence-electron chi connectivity index (χ2n) is 2.67. The van der Waals surface area contributed by atoms with Gasteiger partial charge >= 0.3 is 6.21 Å². The van der Waals surface area contributed by atoms with Gasteiger partial charge in [-0.2, -0.15) is 4.79 Å². The Morgan fingerprint density at radius 3 is 2.25 bits per heavy atom. The predicted molar refractivity (Wildman–Crippen MR) is 36.4 cm³/mol. The summed E-state index contributed by atoms with van der Waals surface area (Å²) in [6.45, 7) is 1.91. The van der Waals surface area contributed by atoms with Crippen LogP contribution in [0.3, 0.4) is 0 Å². The fourth-order valence-electron chi connectivity index (χ4n) is 0.345. The lowest BCUT2D eigenvalue weighted by Gasteiger charge is -2.42. The van der Waals surface area contributed by atoms with Crippen molar-refractivity contribution >= 4 is 19.6 Å². The number of hydrogen-bond donors (Lipinski definition) is 0. The van der Waals surface area contributed by atoms with Crippen LogP contribution in [0.25, 0.3) is 5.53 Å². The Morgan fingerprint density at radius 2 is 2.00 bits per heavy atom. The third kappa shape index (κ3) is 2.09. The van der Waals surface area contributed by atoms with Crippen molar-refractivity contribution in [1.29, 1.82) is 0 Å². The Hall–Kier alpha value is -0.800. The molecule has 0 aliphatic carbocycles. The average molecular weight is 190 g/mol. The quantitative estimate of drug-likeness (QED) is 0.234. The monoisotopic (exact) mass is 190 g/mol. The van der Waals surface area contributed by atoms with E-state index in [4.69, 9.17) is 5.53 Å². The van der Waals surface area contributed by atoms with Gasteiger partial charge in [0.1, 0.15) is 0 Å². The minimum absolute atomic E-state index is 0.391. The molecule has 12 heavy (non-hydrogen) atoms. The van der Waals surface area contributed by atoms with Crippen LogP contribution in [0.15, 0.2) is 0 Å². The zero-order valence-corrected chi connectivity index (χ0v) is 7.45. The molecule has 0 atom stereocenters. The van der Waals surface area contributed by atoms with E-state index in [0.717, 1.165) is 13.8 Å². The number of rotatable bonds is 3. The zero-order valence-electron chi connectivity index (χ0n) is 6.55. The molecule has 0 heterocycles. The zero-order chi connectivity index (χ0) is 9.99. The summed E-state index contributed by atoms with van der Waals surface area (Å²) in [6.07, 6.45) is 0.391. The number of ketones is 1. The van der Waals surface area contributed by atoms with Gasteiger partial charge in [-0.3, -0.25) is 4.79 Å². The molecule has 0 bridgehead atoms. The van der Waals surface area contributed by atoms with Gasteiger partial charge in [0.05, 0.1) is 5.16 Å². The van der Waals surface area contributed by atoms with E-state index < -0.39 is 18.5 Å². The topological polar surface area (TPSA) is 117 Å². The summed E-state index contributed by atoms with van der Waals surface area (Å²) in [5, 5.41) is -2.06. The van der Waals surface area contributed by atoms with E-state index in [1.165, 1.54) is 0 Å². The fourth-order valence-corrected chi connectivity index (χ4v) is 0.673. The Morgan fingerprint density at radius 1 is 1.58 bits per heavy atom. The minimum atomic E-state index is -5.01. The highest BCUT2D eigenvalue weighted by molar-refractivity contribution is 7.52. The van der Waals surface area contributed by atoms with Gasteiger partial charge in [-0.15, -0.1) is 0 Å². The highest BCUT2D eigenvalue weighted by Gasteiger charge is 2.32. The van der Waals surface area contributed by atoms with Crippen LogP contribution in [0.1, 0.15) is 13.8 Å². The van der Waals surface area contributed by atoms with Crippen molar-refractivity contribution in [2.75, 3.05) is 0 Å². The molecule has 7 heteroatoms. The maximum atomic E-state index is 10.8. The van der Waals surface area contributed by atoms with Gasteiger partial charge in [0.2, 0.25) is 5.78 Å². The van der Waals surface area contributed by atoms with Crippen molar-refractivity contribution in [1.82, 2.24) is 0 Å². The third-order valence-electron chi connectivity index (χ3n) is 1.46. The summed E-state index contributed by atoms with van der Waals surface area (Å²) in [6, 6.07) is 0. The van der Waals surface area contributed by atoms with E-state index in [1.54, 1.807) is 0 Å². The minimum Gasteiger partial charge on any atom is -0.810 e. The molecule has 0 rings (SSSR count). The average Bonchev–Trinajstić information content (AvgIpc) is 1.85. The fraction of sp³-hybridized carbons (Fsp3) is 0.600. The van der Waals surface area contributed by atoms with Gasteiger partial charge in [0, 0.05) is 0 Å². The summed E-state index contributed by atoms with van der Waals surface area (Å²) in [5.74, 6) is -1.04. The molecule has 0 spiro atoms. The van der Waals surface area contributed by atoms with Crippen LogP contribution in [0, 0.1) is 0 Å². The second-order valence-corrected chi connectivity index (χ2v) is 4.78. The molecule has 0 aromatic carbocycles. The Balaban J connectivity index is 4.99. The van der Waals surface area contributed by atoms with Crippen LogP contribution in [-0.2, 0) is 9.36 Å². The lowest BCUT2D eigenvalue weighted by atomic mass is 10.1. The van der Waals surface area contributed by atoms with Gasteiger partial charge in [0.25, 0.3) is 0 Å². The smallest absolute Gasteiger partial charge is 0.324 e. The van der Waals surface area contributed by atoms with Gasteiger partial charge in [0.15, 0.2) is 0 Å². The lowest BCUT2D eigenvalue weighted by Crippen LogP contribution is -2.41. The number of carbonyl (C=O) groups is 1. The van der Waals surface area contributed by atoms with Gasteiger partial charge in [-0.05, 0) is 13.8 Å². The SMILES string of the molecule is CC(C)(C(=O)C=[N+]=[N-])P(=O)([O-])[O-]. The standard InChI is InChI=1S/C5H9N2O4P/c1-5(2,12(9,10)11)4(8)3-7-6/h3H,1-2H3,(H2,9,10,11)/p-2. The van der Waals surface area contributed by atoms with Crippen molar-refractivity contribution < 1.29 is 23.9 Å². The molecule has 0 aromatic heterocycles. The Labute approximate surface area is 69.0 Å². The van der Waals surface area contributed by atoms with Crippen molar-refractivity contribution in [3.8, 4) is 0 Å². The van der Waals surface area contributed by atoms with E-state index in [-0.39, 0.29) is 0 Å². The number of nitrogens with zero attached hydrogens (tertiary/aromatic N) is 2. The Kier molecular flexibility index (Phi) is 3.07. The molecule has 0 radical (unpaired) electrons. The lowest BCUT2D eigenvalue weighted by molar-refractivity contribution is -0.318. The molecular weight excluding hydrogens is 183 g/mol. The highest BCUT2D eigenvalue weighted by atomic mass is 31.2. The maximum absolute atomic E-state index is 10.8. The highest BCUT2D eigenvalue weighted by Crippen LogP contribution is 2.41. The van der Waals surface area contributed by atoms with E-state index in [9.17, 15) is 19.1 Å². The van der Waals surface area contributed by atoms with Crippen LogP contribution >= 0.6 is 7.60 Å². The number of carbonyl (C=O) groups excluding carboxylic acids is 1. The molecule has 0 aromatic rings. The van der Waals surface area contributed by atoms with Crippen LogP contribution < -0.4 is 9.79 Å². The molecule has 0 aliphatic heterocycles. The molecule has 68 valence electrons. The Bertz CT molecular complexity index is 286. The van der Waals surface area contributed by atoms with Crippen molar-refractivity contribution in [2.45, 2.75) is 19.0 Å². The predicted octanol–water partition coefficient (Wildman–Crippen LogP) is -1.45. The molecule has 0 saturated carbocycles. The summed E-state index contributed by atoms with van der Waals surface area (Å²) in [4.78, 5) is 34.1. The third-order valence-corrected chi connectivity index (χ3v) is 3.05.